The van der Waals surface area contributed by atoms with Gasteiger partial charge >= 0.3 is 0 Å². The number of nitrogens with zero attached hydrogens (tertiary/aromatic N) is 1. The molecule has 3 heteroatoms. The summed E-state index contributed by atoms with van der Waals surface area (Å²) >= 11 is 0. The summed E-state index contributed by atoms with van der Waals surface area (Å²) in [6.45, 7) is 7.51. The predicted molar refractivity (Wildman–Crippen MR) is 66.4 cm³/mol. The van der Waals surface area contributed by atoms with Crippen molar-refractivity contribution in [3.05, 3.63) is 0 Å². The Morgan fingerprint density at radius 1 is 1.25 bits per heavy atom. The minimum absolute atomic E-state index is 0.297. The Bertz CT molecular complexity index is 206. The normalized spacial score (nSPS) is 38.8. The third-order valence-electron chi connectivity index (χ3n) is 4.37. The van der Waals surface area contributed by atoms with Gasteiger partial charge in [0, 0.05) is 37.2 Å². The molecule has 4 atom stereocenters. The lowest BCUT2D eigenvalue weighted by molar-refractivity contribution is 0.0849. The molecule has 0 aromatic carbocycles. The summed E-state index contributed by atoms with van der Waals surface area (Å²) in [5.41, 5.74) is 6.31. The summed E-state index contributed by atoms with van der Waals surface area (Å²) in [4.78, 5) is 2.60. The van der Waals surface area contributed by atoms with E-state index in [9.17, 15) is 0 Å². The fraction of sp³-hybridized carbons (Fsp3) is 1.00. The monoisotopic (exact) mass is 226 g/mol. The molecule has 2 aliphatic heterocycles. The second-order valence-corrected chi connectivity index (χ2v) is 5.61. The van der Waals surface area contributed by atoms with Crippen molar-refractivity contribution in [2.24, 2.45) is 11.7 Å². The molecular formula is C13H26N2O. The van der Waals surface area contributed by atoms with Crippen LogP contribution in [0.1, 0.15) is 39.5 Å². The quantitative estimate of drug-likeness (QED) is 0.794. The van der Waals surface area contributed by atoms with Crippen LogP contribution in [0.5, 0.6) is 0 Å². The van der Waals surface area contributed by atoms with Crippen LogP contribution in [0.25, 0.3) is 0 Å². The Morgan fingerprint density at radius 3 is 2.50 bits per heavy atom. The van der Waals surface area contributed by atoms with Gasteiger partial charge in [-0.05, 0) is 33.1 Å². The lowest BCUT2D eigenvalue weighted by Crippen LogP contribution is -2.51. The van der Waals surface area contributed by atoms with Crippen LogP contribution in [-0.4, -0.2) is 42.8 Å². The van der Waals surface area contributed by atoms with Gasteiger partial charge in [-0.15, -0.1) is 0 Å². The van der Waals surface area contributed by atoms with Gasteiger partial charge in [0.1, 0.15) is 0 Å². The van der Waals surface area contributed by atoms with Gasteiger partial charge in [0.05, 0.1) is 6.61 Å². The lowest BCUT2D eigenvalue weighted by Gasteiger charge is -2.41. The number of hydrogen-bond donors (Lipinski definition) is 1. The minimum Gasteiger partial charge on any atom is -0.381 e. The summed E-state index contributed by atoms with van der Waals surface area (Å²) < 4.78 is 5.42. The van der Waals surface area contributed by atoms with Crippen molar-refractivity contribution in [2.75, 3.05) is 19.8 Å². The molecule has 0 aromatic rings. The van der Waals surface area contributed by atoms with Crippen LogP contribution in [0, 0.1) is 5.92 Å². The second kappa shape index (κ2) is 5.48. The molecule has 0 amide bonds. The van der Waals surface area contributed by atoms with Gasteiger partial charge in [0.25, 0.3) is 0 Å². The fourth-order valence-electron chi connectivity index (χ4n) is 3.12. The van der Waals surface area contributed by atoms with Crippen LogP contribution in [0.15, 0.2) is 0 Å². The third-order valence-corrected chi connectivity index (χ3v) is 4.37. The molecule has 2 unspecified atom stereocenters. The molecule has 3 nitrogen and oxygen atoms in total. The van der Waals surface area contributed by atoms with E-state index in [0.29, 0.717) is 24.0 Å². The van der Waals surface area contributed by atoms with Gasteiger partial charge in [-0.25, -0.2) is 0 Å². The van der Waals surface area contributed by atoms with E-state index in [1.54, 1.807) is 0 Å². The number of likely N-dealkylation sites (tertiary alicyclic amines) is 1. The zero-order valence-electron chi connectivity index (χ0n) is 10.7. The van der Waals surface area contributed by atoms with Crippen LogP contribution >= 0.6 is 0 Å². The molecule has 0 aromatic heterocycles. The molecule has 16 heavy (non-hydrogen) atoms. The zero-order chi connectivity index (χ0) is 11.5. The molecule has 0 aliphatic carbocycles. The molecule has 2 N–H and O–H groups in total. The van der Waals surface area contributed by atoms with Gasteiger partial charge < -0.3 is 10.5 Å². The van der Waals surface area contributed by atoms with Crippen LogP contribution < -0.4 is 5.73 Å². The molecule has 0 bridgehead atoms. The number of hydrogen-bond acceptors (Lipinski definition) is 3. The fourth-order valence-corrected chi connectivity index (χ4v) is 3.12. The van der Waals surface area contributed by atoms with Crippen molar-refractivity contribution in [2.45, 2.75) is 57.7 Å². The molecule has 0 radical (unpaired) electrons. The summed E-state index contributed by atoms with van der Waals surface area (Å²) in [5, 5.41) is 0. The van der Waals surface area contributed by atoms with Crippen LogP contribution in [-0.2, 0) is 4.74 Å². The average molecular weight is 226 g/mol. The number of rotatable bonds is 3. The lowest BCUT2D eigenvalue weighted by atomic mass is 9.93. The maximum Gasteiger partial charge on any atom is 0.0510 e. The molecule has 2 heterocycles. The topological polar surface area (TPSA) is 38.5 Å². The first-order chi connectivity index (χ1) is 7.68. The van der Waals surface area contributed by atoms with Gasteiger partial charge in [0.2, 0.25) is 0 Å². The van der Waals surface area contributed by atoms with Crippen molar-refractivity contribution in [3.8, 4) is 0 Å². The number of nitrogens with two attached hydrogens (primary N) is 1. The summed E-state index contributed by atoms with van der Waals surface area (Å²) in [6, 6.07) is 1.71. The van der Waals surface area contributed by atoms with Gasteiger partial charge in [-0.1, -0.05) is 6.42 Å². The second-order valence-electron chi connectivity index (χ2n) is 5.61. The number of piperidine rings is 1. The highest BCUT2D eigenvalue weighted by molar-refractivity contribution is 4.86. The van der Waals surface area contributed by atoms with Crippen molar-refractivity contribution in [3.63, 3.8) is 0 Å². The SMILES string of the molecule is C[C@@H]1CCC[C@H](C)N1CC(N)C1CCOC1. The molecular weight excluding hydrogens is 200 g/mol. The highest BCUT2D eigenvalue weighted by Gasteiger charge is 2.30. The van der Waals surface area contributed by atoms with E-state index < -0.39 is 0 Å². The van der Waals surface area contributed by atoms with Crippen LogP contribution in [0.4, 0.5) is 0 Å². The number of ether oxygens (including phenoxy) is 1. The Hall–Kier alpha value is -0.120. The highest BCUT2D eigenvalue weighted by Crippen LogP contribution is 2.24. The summed E-state index contributed by atoms with van der Waals surface area (Å²) in [5.74, 6) is 0.585. The third kappa shape index (κ3) is 2.76. The molecule has 2 saturated heterocycles. The van der Waals surface area contributed by atoms with E-state index in [1.165, 1.54) is 19.3 Å². The van der Waals surface area contributed by atoms with E-state index in [-0.39, 0.29) is 0 Å². The summed E-state index contributed by atoms with van der Waals surface area (Å²) in [6.07, 6.45) is 5.19. The maximum absolute atomic E-state index is 6.31. The standard InChI is InChI=1S/C13H26N2O/c1-10-4-3-5-11(2)15(10)8-13(14)12-6-7-16-9-12/h10-13H,3-9,14H2,1-2H3/t10-,11+,12?,13?. The Kier molecular flexibility index (Phi) is 4.22. The Labute approximate surface area is 99.3 Å². The molecule has 0 spiro atoms. The highest BCUT2D eigenvalue weighted by atomic mass is 16.5. The van der Waals surface area contributed by atoms with Crippen molar-refractivity contribution < 1.29 is 4.74 Å². The molecule has 0 saturated carbocycles. The maximum atomic E-state index is 6.31. The molecule has 2 aliphatic rings. The van der Waals surface area contributed by atoms with E-state index in [4.69, 9.17) is 10.5 Å². The first-order valence-corrected chi connectivity index (χ1v) is 6.77. The van der Waals surface area contributed by atoms with Crippen molar-refractivity contribution >= 4 is 0 Å². The first kappa shape index (κ1) is 12.3. The molecule has 94 valence electrons. The van der Waals surface area contributed by atoms with Crippen LogP contribution in [0.2, 0.25) is 0 Å². The van der Waals surface area contributed by atoms with Crippen LogP contribution in [0.3, 0.4) is 0 Å². The van der Waals surface area contributed by atoms with E-state index in [2.05, 4.69) is 18.7 Å². The smallest absolute Gasteiger partial charge is 0.0510 e. The first-order valence-electron chi connectivity index (χ1n) is 6.77. The Morgan fingerprint density at radius 2 is 1.94 bits per heavy atom. The zero-order valence-corrected chi connectivity index (χ0v) is 10.7. The predicted octanol–water partition coefficient (Wildman–Crippen LogP) is 1.61. The van der Waals surface area contributed by atoms with E-state index in [1.807, 2.05) is 0 Å². The van der Waals surface area contributed by atoms with E-state index in [0.717, 1.165) is 26.2 Å². The largest absolute Gasteiger partial charge is 0.381 e. The average Bonchev–Trinajstić information content (AvgIpc) is 2.76. The minimum atomic E-state index is 0.297. The van der Waals surface area contributed by atoms with Gasteiger partial charge in [0.15, 0.2) is 0 Å². The Balaban J connectivity index is 1.86. The van der Waals surface area contributed by atoms with Crippen molar-refractivity contribution in [1.82, 2.24) is 4.90 Å². The van der Waals surface area contributed by atoms with Gasteiger partial charge in [-0.2, -0.15) is 0 Å². The van der Waals surface area contributed by atoms with Crippen molar-refractivity contribution in [1.29, 1.82) is 0 Å². The molecule has 2 fully saturated rings. The summed E-state index contributed by atoms with van der Waals surface area (Å²) in [7, 11) is 0. The molecule has 2 rings (SSSR count). The van der Waals surface area contributed by atoms with Gasteiger partial charge in [-0.3, -0.25) is 4.90 Å². The van der Waals surface area contributed by atoms with E-state index >= 15 is 0 Å².